The molecule has 1 amide bonds. The molecule has 0 N–H and O–H groups in total. The number of alkyl halides is 1. The summed E-state index contributed by atoms with van der Waals surface area (Å²) in [4.78, 5) is 30.9. The molecule has 7 rings (SSSR count). The largest absolute Gasteiger partial charge is 0.461 e. The minimum absolute atomic E-state index is 0.0473. The number of hydrogen-bond acceptors (Lipinski definition) is 7. The van der Waals surface area contributed by atoms with Crippen molar-refractivity contribution in [2.45, 2.75) is 37.0 Å². The summed E-state index contributed by atoms with van der Waals surface area (Å²) in [5, 5.41) is -0.540. The van der Waals surface area contributed by atoms with E-state index in [1.54, 1.807) is 29.2 Å². The highest BCUT2D eigenvalue weighted by Crippen LogP contribution is 2.42. The lowest BCUT2D eigenvalue weighted by molar-refractivity contribution is -0.128. The molecule has 0 aliphatic carbocycles. The van der Waals surface area contributed by atoms with E-state index in [4.69, 9.17) is 16.3 Å². The predicted molar refractivity (Wildman–Crippen MR) is 168 cm³/mol. The fourth-order valence-corrected chi connectivity index (χ4v) is 8.21. The lowest BCUT2D eigenvalue weighted by atomic mass is 9.95. The van der Waals surface area contributed by atoms with Crippen LogP contribution in [0.15, 0.2) is 43.0 Å². The van der Waals surface area contributed by atoms with Gasteiger partial charge in [0.2, 0.25) is 17.6 Å². The summed E-state index contributed by atoms with van der Waals surface area (Å²) in [6.45, 7) is 13.2. The number of amides is 1. The molecule has 0 bridgehead atoms. The van der Waals surface area contributed by atoms with Crippen LogP contribution >= 0.6 is 11.3 Å². The molecule has 3 aliphatic heterocycles. The smallest absolute Gasteiger partial charge is 0.319 e. The topological polar surface area (TPSA) is 66.2 Å². The Morgan fingerprint density at radius 1 is 1.11 bits per heavy atom. The molecule has 5 heterocycles. The van der Waals surface area contributed by atoms with Crippen molar-refractivity contribution in [2.75, 3.05) is 50.8 Å². The van der Waals surface area contributed by atoms with Gasteiger partial charge in [0.1, 0.15) is 30.2 Å². The summed E-state index contributed by atoms with van der Waals surface area (Å²) < 4.78 is 66.2. The molecule has 3 saturated heterocycles. The number of benzene rings is 2. The second kappa shape index (κ2) is 11.8. The third-order valence-corrected chi connectivity index (χ3v) is 10.4. The van der Waals surface area contributed by atoms with E-state index in [1.165, 1.54) is 12.1 Å². The van der Waals surface area contributed by atoms with E-state index < -0.39 is 34.5 Å². The number of carbonyl (C=O) groups is 1. The van der Waals surface area contributed by atoms with Gasteiger partial charge in [-0.3, -0.25) is 9.69 Å². The standard InChI is InChI=1S/C33H30F4N6O2S/c1-3-25(44)43-13-12-41(17-20(43)15-38-2)31-24-9-8-21(22-6-4-7-23-27(36)30(37)46-29(22)23)26(35)28(24)39-32(40-31)45-18-33-10-5-11-42(33)16-19(34)14-33/h3-4,6-9,19-20H,1,5,10-18H2/t19-,20+,33+/m1/s1. The Balaban J connectivity index is 1.33. The quantitative estimate of drug-likeness (QED) is 0.139. The van der Waals surface area contributed by atoms with Crippen molar-refractivity contribution < 1.29 is 27.1 Å². The number of ether oxygens (including phenoxy) is 1. The molecule has 238 valence electrons. The molecular formula is C33H30F4N6O2S. The van der Waals surface area contributed by atoms with E-state index in [0.29, 0.717) is 54.2 Å². The van der Waals surface area contributed by atoms with Crippen LogP contribution in [-0.2, 0) is 4.79 Å². The molecule has 46 heavy (non-hydrogen) atoms. The number of anilines is 1. The summed E-state index contributed by atoms with van der Waals surface area (Å²) in [5.74, 6) is -1.60. The van der Waals surface area contributed by atoms with Crippen molar-refractivity contribution in [1.82, 2.24) is 19.8 Å². The molecule has 0 unspecified atom stereocenters. The van der Waals surface area contributed by atoms with Crippen molar-refractivity contribution in [3.05, 3.63) is 71.2 Å². The molecular weight excluding hydrogens is 620 g/mol. The third kappa shape index (κ3) is 5.04. The van der Waals surface area contributed by atoms with Crippen molar-refractivity contribution >= 4 is 44.1 Å². The Kier molecular flexibility index (Phi) is 7.81. The molecule has 3 fully saturated rings. The summed E-state index contributed by atoms with van der Waals surface area (Å²) >= 11 is 0.610. The molecule has 2 aromatic heterocycles. The van der Waals surface area contributed by atoms with Crippen LogP contribution in [0.1, 0.15) is 19.3 Å². The number of hydrogen-bond donors (Lipinski definition) is 0. The minimum Gasteiger partial charge on any atom is -0.461 e. The van der Waals surface area contributed by atoms with Gasteiger partial charge in [-0.15, -0.1) is 11.3 Å². The average molecular weight is 651 g/mol. The lowest BCUT2D eigenvalue weighted by Crippen LogP contribution is -2.56. The normalized spacial score (nSPS) is 23.2. The van der Waals surface area contributed by atoms with Gasteiger partial charge in [0, 0.05) is 59.2 Å². The van der Waals surface area contributed by atoms with Gasteiger partial charge in [-0.1, -0.05) is 30.8 Å². The van der Waals surface area contributed by atoms with Crippen molar-refractivity contribution in [1.29, 1.82) is 0 Å². The second-order valence-corrected chi connectivity index (χ2v) is 13.0. The Labute approximate surface area is 266 Å². The van der Waals surface area contributed by atoms with Gasteiger partial charge in [0.15, 0.2) is 11.6 Å². The SMILES string of the molecule is [C-]#[N+]C[C@H]1CN(c2nc(OC[C@@]34CCCN3C[C@H](F)C4)nc3c(F)c(-c4cccc5c(F)c(F)sc45)ccc23)CCN1C(=O)C=C. The van der Waals surface area contributed by atoms with Crippen LogP contribution in [0, 0.1) is 23.3 Å². The van der Waals surface area contributed by atoms with Gasteiger partial charge in [-0.05, 0) is 31.5 Å². The van der Waals surface area contributed by atoms with Crippen LogP contribution in [0.2, 0.25) is 0 Å². The first-order valence-corrected chi connectivity index (χ1v) is 15.9. The number of fused-ring (bicyclic) bond motifs is 3. The number of carbonyl (C=O) groups excluding carboxylic acids is 1. The highest BCUT2D eigenvalue weighted by Gasteiger charge is 2.49. The molecule has 3 aliphatic rings. The van der Waals surface area contributed by atoms with E-state index >= 15 is 4.39 Å². The molecule has 4 aromatic rings. The highest BCUT2D eigenvalue weighted by molar-refractivity contribution is 7.18. The monoisotopic (exact) mass is 650 g/mol. The fourth-order valence-electron chi connectivity index (χ4n) is 7.28. The number of thiophene rings is 1. The van der Waals surface area contributed by atoms with Gasteiger partial charge < -0.3 is 19.4 Å². The maximum absolute atomic E-state index is 16.6. The van der Waals surface area contributed by atoms with E-state index in [2.05, 4.69) is 21.3 Å². The Bertz CT molecular complexity index is 1910. The zero-order valence-electron chi connectivity index (χ0n) is 24.8. The summed E-state index contributed by atoms with van der Waals surface area (Å²) in [6.07, 6.45) is 2.28. The molecule has 3 atom stereocenters. The first-order valence-electron chi connectivity index (χ1n) is 15.1. The van der Waals surface area contributed by atoms with E-state index in [9.17, 15) is 18.0 Å². The first-order chi connectivity index (χ1) is 22.2. The lowest BCUT2D eigenvalue weighted by Gasteiger charge is -2.39. The van der Waals surface area contributed by atoms with Gasteiger partial charge in [0.05, 0.1) is 5.54 Å². The highest BCUT2D eigenvalue weighted by atomic mass is 32.1. The summed E-state index contributed by atoms with van der Waals surface area (Å²) in [6, 6.07) is 7.27. The summed E-state index contributed by atoms with van der Waals surface area (Å²) in [5.41, 5.74) is -0.104. The fraction of sp³-hybridized carbons (Fsp3) is 0.394. The van der Waals surface area contributed by atoms with Gasteiger partial charge in [-0.25, -0.2) is 19.7 Å². The molecule has 8 nitrogen and oxygen atoms in total. The van der Waals surface area contributed by atoms with Gasteiger partial charge >= 0.3 is 6.01 Å². The molecule has 13 heteroatoms. The minimum atomic E-state index is -0.978. The number of aromatic nitrogens is 2. The Morgan fingerprint density at radius 2 is 1.96 bits per heavy atom. The van der Waals surface area contributed by atoms with E-state index in [1.807, 2.05) is 4.90 Å². The average Bonchev–Trinajstić information content (AvgIpc) is 3.68. The van der Waals surface area contributed by atoms with Crippen LogP contribution in [0.3, 0.4) is 0 Å². The van der Waals surface area contributed by atoms with E-state index in [-0.39, 0.29) is 52.8 Å². The number of nitrogens with zero attached hydrogens (tertiary/aromatic N) is 6. The first kappa shape index (κ1) is 30.4. The summed E-state index contributed by atoms with van der Waals surface area (Å²) in [7, 11) is 0. The predicted octanol–water partition coefficient (Wildman–Crippen LogP) is 6.01. The maximum atomic E-state index is 16.6. The molecule has 0 saturated carbocycles. The molecule has 0 radical (unpaired) electrons. The maximum Gasteiger partial charge on any atom is 0.319 e. The second-order valence-electron chi connectivity index (χ2n) is 12.1. The number of rotatable bonds is 7. The van der Waals surface area contributed by atoms with Gasteiger partial charge in [-0.2, -0.15) is 14.4 Å². The Hall–Kier alpha value is -4.28. The van der Waals surface area contributed by atoms with Crippen LogP contribution in [0.25, 0.3) is 37.0 Å². The van der Waals surface area contributed by atoms with Crippen molar-refractivity contribution in [2.24, 2.45) is 0 Å². The van der Waals surface area contributed by atoms with Crippen LogP contribution < -0.4 is 9.64 Å². The van der Waals surface area contributed by atoms with Crippen molar-refractivity contribution in [3.8, 4) is 17.1 Å². The third-order valence-electron chi connectivity index (χ3n) is 9.44. The molecule has 2 aromatic carbocycles. The zero-order chi connectivity index (χ0) is 32.2. The number of halogens is 4. The molecule has 0 spiro atoms. The Morgan fingerprint density at radius 3 is 2.76 bits per heavy atom. The van der Waals surface area contributed by atoms with Crippen LogP contribution in [-0.4, -0.2) is 89.3 Å². The number of piperazine rings is 1. The van der Waals surface area contributed by atoms with Crippen LogP contribution in [0.4, 0.5) is 23.4 Å². The van der Waals surface area contributed by atoms with Crippen LogP contribution in [0.5, 0.6) is 6.01 Å². The zero-order valence-corrected chi connectivity index (χ0v) is 25.6. The van der Waals surface area contributed by atoms with Crippen molar-refractivity contribution in [3.63, 3.8) is 0 Å². The van der Waals surface area contributed by atoms with E-state index in [0.717, 1.165) is 19.4 Å². The van der Waals surface area contributed by atoms with Gasteiger partial charge in [0.25, 0.3) is 0 Å².